The van der Waals surface area contributed by atoms with Crippen molar-refractivity contribution >= 4 is 18.0 Å². The zero-order valence-electron chi connectivity index (χ0n) is 12.9. The van der Waals surface area contributed by atoms with Crippen LogP contribution in [-0.4, -0.2) is 24.9 Å². The van der Waals surface area contributed by atoms with Crippen molar-refractivity contribution in [1.82, 2.24) is 5.06 Å². The molecule has 0 unspecified atom stereocenters. The maximum absolute atomic E-state index is 5.92. The molecule has 1 heterocycles. The van der Waals surface area contributed by atoms with Crippen LogP contribution in [-0.2, 0) is 0 Å². The number of hydroxylamine groups is 2. The van der Waals surface area contributed by atoms with Gasteiger partial charge in [0.2, 0.25) is 0 Å². The molecule has 112 valence electrons. The van der Waals surface area contributed by atoms with Gasteiger partial charge in [0, 0.05) is 24.7 Å². The molecule has 0 saturated carbocycles. The lowest BCUT2D eigenvalue weighted by Gasteiger charge is -2.17. The fourth-order valence-corrected chi connectivity index (χ4v) is 3.40. The van der Waals surface area contributed by atoms with E-state index in [1.54, 1.807) is 5.57 Å². The second-order valence-corrected chi connectivity index (χ2v) is 5.85. The minimum absolute atomic E-state index is 0.875. The molecule has 21 heavy (non-hydrogen) atoms. The number of nitrogens with zero attached hydrogens (tertiary/aromatic N) is 2. The van der Waals surface area contributed by atoms with Gasteiger partial charge in [0.15, 0.2) is 0 Å². The van der Waals surface area contributed by atoms with Crippen LogP contribution in [0.1, 0.15) is 51.0 Å². The van der Waals surface area contributed by atoms with E-state index in [9.17, 15) is 0 Å². The van der Waals surface area contributed by atoms with Gasteiger partial charge >= 0.3 is 0 Å². The van der Waals surface area contributed by atoms with E-state index in [-0.39, 0.29) is 0 Å². The second-order valence-electron chi connectivity index (χ2n) is 5.85. The Labute approximate surface area is 127 Å². The average Bonchev–Trinajstić information content (AvgIpc) is 3.18. The molecule has 0 aromatic heterocycles. The summed E-state index contributed by atoms with van der Waals surface area (Å²) in [6.45, 7) is 8.02. The van der Waals surface area contributed by atoms with Gasteiger partial charge in [0.25, 0.3) is 0 Å². The first-order chi connectivity index (χ1) is 10.3. The molecular weight excluding hydrogens is 260 g/mol. The van der Waals surface area contributed by atoms with Crippen molar-refractivity contribution in [3.8, 4) is 5.75 Å². The molecule has 3 rings (SSSR count). The van der Waals surface area contributed by atoms with Gasteiger partial charge in [0.05, 0.1) is 5.69 Å². The van der Waals surface area contributed by atoms with E-state index in [4.69, 9.17) is 4.84 Å². The van der Waals surface area contributed by atoms with Crippen LogP contribution in [0.15, 0.2) is 28.8 Å². The summed E-state index contributed by atoms with van der Waals surface area (Å²) in [5, 5.41) is 2.04. The summed E-state index contributed by atoms with van der Waals surface area (Å²) in [6, 6.07) is 6.26. The normalized spacial score (nSPS) is 19.3. The molecule has 1 aromatic carbocycles. The van der Waals surface area contributed by atoms with Gasteiger partial charge < -0.3 is 4.84 Å². The lowest BCUT2D eigenvalue weighted by Crippen LogP contribution is -2.23. The summed E-state index contributed by atoms with van der Waals surface area (Å²) in [5.41, 5.74) is 5.25. The molecule has 1 aliphatic heterocycles. The Kier molecular flexibility index (Phi) is 4.39. The van der Waals surface area contributed by atoms with Crippen molar-refractivity contribution in [1.29, 1.82) is 0 Å². The van der Waals surface area contributed by atoms with E-state index < -0.39 is 0 Å². The molecular formula is C18H24N2O. The molecule has 1 fully saturated rings. The summed E-state index contributed by atoms with van der Waals surface area (Å²) in [5.74, 6) is 0.875. The van der Waals surface area contributed by atoms with E-state index in [2.05, 4.69) is 30.8 Å². The first-order valence-electron chi connectivity index (χ1n) is 8.06. The topological polar surface area (TPSA) is 24.8 Å². The molecule has 1 saturated heterocycles. The highest BCUT2D eigenvalue weighted by Gasteiger charge is 2.19. The Bertz CT molecular complexity index is 556. The van der Waals surface area contributed by atoms with Crippen LogP contribution in [0.3, 0.4) is 0 Å². The van der Waals surface area contributed by atoms with E-state index in [0.29, 0.717) is 0 Å². The van der Waals surface area contributed by atoms with Crippen molar-refractivity contribution in [2.75, 3.05) is 13.1 Å². The molecule has 0 atom stereocenters. The van der Waals surface area contributed by atoms with Crippen LogP contribution in [0.25, 0.3) is 5.57 Å². The van der Waals surface area contributed by atoms with Gasteiger partial charge in [-0.15, -0.1) is 5.06 Å². The number of hydrogen-bond donors (Lipinski definition) is 0. The smallest absolute Gasteiger partial charge is 0.149 e. The molecule has 1 aromatic rings. The Morgan fingerprint density at radius 1 is 1.19 bits per heavy atom. The third-order valence-electron chi connectivity index (χ3n) is 4.52. The predicted molar refractivity (Wildman–Crippen MR) is 88.1 cm³/mol. The van der Waals surface area contributed by atoms with Gasteiger partial charge in [-0.3, -0.25) is 4.99 Å². The predicted octanol–water partition coefficient (Wildman–Crippen LogP) is 4.76. The van der Waals surface area contributed by atoms with Crippen molar-refractivity contribution in [2.45, 2.75) is 45.4 Å². The van der Waals surface area contributed by atoms with E-state index in [1.807, 2.05) is 11.1 Å². The van der Waals surface area contributed by atoms with Crippen LogP contribution in [0, 0.1) is 0 Å². The van der Waals surface area contributed by atoms with Crippen LogP contribution in [0.2, 0.25) is 0 Å². The molecule has 3 heteroatoms. The molecule has 0 N–H and O–H groups in total. The van der Waals surface area contributed by atoms with Crippen LogP contribution >= 0.6 is 0 Å². The van der Waals surface area contributed by atoms with Crippen molar-refractivity contribution in [2.24, 2.45) is 4.99 Å². The maximum atomic E-state index is 5.92. The Hall–Kier alpha value is -1.61. The van der Waals surface area contributed by atoms with Gasteiger partial charge in [0.1, 0.15) is 5.75 Å². The lowest BCUT2D eigenvalue weighted by molar-refractivity contribution is -0.0346. The minimum atomic E-state index is 0.875. The first-order valence-corrected chi connectivity index (χ1v) is 8.06. The number of aliphatic imine (C=N–C) groups is 1. The highest BCUT2D eigenvalue weighted by molar-refractivity contribution is 5.79. The molecule has 2 aliphatic rings. The molecule has 0 radical (unpaired) electrons. The number of benzene rings is 1. The molecule has 1 aliphatic carbocycles. The van der Waals surface area contributed by atoms with Crippen molar-refractivity contribution in [3.63, 3.8) is 0 Å². The van der Waals surface area contributed by atoms with E-state index in [1.165, 1.54) is 36.8 Å². The van der Waals surface area contributed by atoms with Gasteiger partial charge in [-0.1, -0.05) is 12.5 Å². The summed E-state index contributed by atoms with van der Waals surface area (Å²) < 4.78 is 0. The van der Waals surface area contributed by atoms with Crippen molar-refractivity contribution in [3.05, 3.63) is 29.3 Å². The van der Waals surface area contributed by atoms with Crippen LogP contribution in [0.5, 0.6) is 5.75 Å². The number of hydrogen-bond acceptors (Lipinski definition) is 3. The zero-order valence-corrected chi connectivity index (χ0v) is 12.9. The second kappa shape index (κ2) is 6.44. The SMILES string of the molecule is C=Nc1cc(ON2CCCC2)ccc1C1=C(CC)CCC1. The fourth-order valence-electron chi connectivity index (χ4n) is 3.40. The minimum Gasteiger partial charge on any atom is -0.406 e. The molecule has 0 bridgehead atoms. The molecule has 3 nitrogen and oxygen atoms in total. The summed E-state index contributed by atoms with van der Waals surface area (Å²) in [4.78, 5) is 10.2. The monoisotopic (exact) mass is 284 g/mol. The zero-order chi connectivity index (χ0) is 14.7. The van der Waals surface area contributed by atoms with Crippen LogP contribution in [0.4, 0.5) is 5.69 Å². The Morgan fingerprint density at radius 3 is 2.71 bits per heavy atom. The Balaban J connectivity index is 1.87. The first kappa shape index (κ1) is 14.3. The molecule has 0 amide bonds. The average molecular weight is 284 g/mol. The largest absolute Gasteiger partial charge is 0.406 e. The van der Waals surface area contributed by atoms with Gasteiger partial charge in [-0.05, 0) is 62.9 Å². The van der Waals surface area contributed by atoms with Crippen LogP contribution < -0.4 is 4.84 Å². The lowest BCUT2D eigenvalue weighted by atomic mass is 9.99. The number of rotatable bonds is 5. The van der Waals surface area contributed by atoms with E-state index >= 15 is 0 Å². The quantitative estimate of drug-likeness (QED) is 0.728. The number of allylic oxidation sites excluding steroid dienone is 2. The maximum Gasteiger partial charge on any atom is 0.149 e. The van der Waals surface area contributed by atoms with Gasteiger partial charge in [-0.25, -0.2) is 0 Å². The van der Waals surface area contributed by atoms with Crippen molar-refractivity contribution < 1.29 is 4.84 Å². The highest BCUT2D eigenvalue weighted by Crippen LogP contribution is 2.40. The summed E-state index contributed by atoms with van der Waals surface area (Å²) in [7, 11) is 0. The fraction of sp³-hybridized carbons (Fsp3) is 0.500. The highest BCUT2D eigenvalue weighted by atomic mass is 16.7. The third kappa shape index (κ3) is 3.03. The van der Waals surface area contributed by atoms with E-state index in [0.717, 1.165) is 37.4 Å². The van der Waals surface area contributed by atoms with Gasteiger partial charge in [-0.2, -0.15) is 0 Å². The summed E-state index contributed by atoms with van der Waals surface area (Å²) in [6.07, 6.45) is 7.24. The third-order valence-corrected chi connectivity index (χ3v) is 4.52. The summed E-state index contributed by atoms with van der Waals surface area (Å²) >= 11 is 0. The standard InChI is InChI=1S/C18H24N2O/c1-3-14-7-6-8-16(14)17-10-9-15(13-18(17)19-2)21-20-11-4-5-12-20/h9-10,13H,2-8,11-12H2,1H3. The molecule has 0 spiro atoms. The Morgan fingerprint density at radius 2 is 2.00 bits per heavy atom.